The third kappa shape index (κ3) is 6.67. The van der Waals surface area contributed by atoms with Crippen LogP contribution in [0.15, 0.2) is 108 Å². The average Bonchev–Trinajstić information content (AvgIpc) is 2.90. The van der Waals surface area contributed by atoms with E-state index < -0.39 is 12.1 Å². The number of amides is 1. The maximum atomic E-state index is 12.4. The Morgan fingerprint density at radius 1 is 0.806 bits per heavy atom. The van der Waals surface area contributed by atoms with Crippen LogP contribution in [0.2, 0.25) is 0 Å². The van der Waals surface area contributed by atoms with Crippen molar-refractivity contribution in [3.8, 4) is 22.6 Å². The van der Waals surface area contributed by atoms with Gasteiger partial charge in [-0.2, -0.15) is 5.10 Å². The normalized spacial score (nSPS) is 11.6. The molecule has 0 saturated heterocycles. The van der Waals surface area contributed by atoms with Crippen LogP contribution in [0.25, 0.3) is 11.1 Å². The lowest BCUT2D eigenvalue weighted by Gasteiger charge is -2.13. The number of benzene rings is 4. The molecule has 4 rings (SSSR count). The highest BCUT2D eigenvalue weighted by Crippen LogP contribution is 2.22. The fraction of sp³-hybridized carbons (Fsp3) is 0.100. The summed E-state index contributed by atoms with van der Waals surface area (Å²) in [4.78, 5) is 24.6. The van der Waals surface area contributed by atoms with Gasteiger partial charge in [0.05, 0.1) is 11.8 Å². The molecule has 0 heterocycles. The van der Waals surface area contributed by atoms with Gasteiger partial charge in [-0.1, -0.05) is 60.2 Å². The van der Waals surface area contributed by atoms with Gasteiger partial charge < -0.3 is 9.47 Å². The molecule has 0 bridgehead atoms. The molecule has 1 atom stereocenters. The predicted octanol–water partition coefficient (Wildman–Crippen LogP) is 5.80. The van der Waals surface area contributed by atoms with Gasteiger partial charge in [-0.3, -0.25) is 4.79 Å². The molecule has 4 aromatic rings. The zero-order valence-corrected chi connectivity index (χ0v) is 20.0. The molecule has 6 heteroatoms. The van der Waals surface area contributed by atoms with Crippen molar-refractivity contribution in [2.75, 3.05) is 0 Å². The van der Waals surface area contributed by atoms with Crippen LogP contribution in [0.4, 0.5) is 0 Å². The number of ether oxygens (including phenoxy) is 2. The van der Waals surface area contributed by atoms with Gasteiger partial charge in [-0.15, -0.1) is 0 Å². The summed E-state index contributed by atoms with van der Waals surface area (Å²) in [6.45, 7) is 3.58. The fourth-order valence-corrected chi connectivity index (χ4v) is 3.44. The molecule has 1 unspecified atom stereocenters. The Hall–Kier alpha value is -4.71. The lowest BCUT2D eigenvalue weighted by molar-refractivity contribution is -0.127. The second-order valence-electron chi connectivity index (χ2n) is 8.21. The van der Waals surface area contributed by atoms with Gasteiger partial charge in [0.25, 0.3) is 5.91 Å². The summed E-state index contributed by atoms with van der Waals surface area (Å²) in [5, 5.41) is 3.99. The van der Waals surface area contributed by atoms with E-state index in [0.29, 0.717) is 17.1 Å². The summed E-state index contributed by atoms with van der Waals surface area (Å²) in [5.41, 5.74) is 6.87. The van der Waals surface area contributed by atoms with E-state index in [4.69, 9.17) is 9.47 Å². The molecule has 0 fully saturated rings. The predicted molar refractivity (Wildman–Crippen MR) is 140 cm³/mol. The molecule has 1 amide bonds. The van der Waals surface area contributed by atoms with E-state index in [1.165, 1.54) is 6.21 Å². The van der Waals surface area contributed by atoms with Crippen molar-refractivity contribution in [3.63, 3.8) is 0 Å². The Morgan fingerprint density at radius 3 is 2.17 bits per heavy atom. The van der Waals surface area contributed by atoms with E-state index in [-0.39, 0.29) is 5.91 Å². The van der Waals surface area contributed by atoms with Crippen LogP contribution < -0.4 is 14.9 Å². The first-order valence-electron chi connectivity index (χ1n) is 11.5. The number of hydrogen-bond acceptors (Lipinski definition) is 5. The largest absolute Gasteiger partial charge is 0.481 e. The third-order valence-corrected chi connectivity index (χ3v) is 5.38. The first kappa shape index (κ1) is 24.4. The number of hydrazone groups is 1. The van der Waals surface area contributed by atoms with Crippen molar-refractivity contribution in [2.24, 2.45) is 5.10 Å². The molecule has 0 saturated carbocycles. The molecule has 0 aromatic heterocycles. The van der Waals surface area contributed by atoms with E-state index in [0.717, 1.165) is 22.3 Å². The fourth-order valence-electron chi connectivity index (χ4n) is 3.44. The van der Waals surface area contributed by atoms with Crippen molar-refractivity contribution in [1.29, 1.82) is 0 Å². The Morgan fingerprint density at radius 2 is 1.47 bits per heavy atom. The lowest BCUT2D eigenvalue weighted by atomic mass is 10.1. The lowest BCUT2D eigenvalue weighted by Crippen LogP contribution is -2.33. The highest BCUT2D eigenvalue weighted by Gasteiger charge is 2.14. The minimum absolute atomic E-state index is 0.373. The van der Waals surface area contributed by atoms with Gasteiger partial charge in [0.2, 0.25) is 0 Å². The van der Waals surface area contributed by atoms with Crippen LogP contribution in [0, 0.1) is 6.92 Å². The van der Waals surface area contributed by atoms with Crippen molar-refractivity contribution < 1.29 is 19.1 Å². The zero-order valence-electron chi connectivity index (χ0n) is 20.0. The minimum Gasteiger partial charge on any atom is -0.481 e. The number of carbonyl (C=O) groups excluding carboxylic acids is 2. The number of aryl methyl sites for hydroxylation is 1. The van der Waals surface area contributed by atoms with E-state index in [1.54, 1.807) is 43.3 Å². The second-order valence-corrected chi connectivity index (χ2v) is 8.21. The summed E-state index contributed by atoms with van der Waals surface area (Å²) in [6.07, 6.45) is 0.777. The summed E-state index contributed by atoms with van der Waals surface area (Å²) >= 11 is 0. The van der Waals surface area contributed by atoms with Crippen molar-refractivity contribution in [1.82, 2.24) is 5.43 Å². The SMILES string of the molecule is Cc1cccc(C(=O)Oc2ccc(/C=N/NC(=O)C(C)Oc3ccc(-c4ccccc4)cc3)cc2)c1. The topological polar surface area (TPSA) is 77.0 Å². The van der Waals surface area contributed by atoms with E-state index in [9.17, 15) is 9.59 Å². The van der Waals surface area contributed by atoms with Gasteiger partial charge in [-0.05, 0) is 79.1 Å². The Kier molecular flexibility index (Phi) is 7.88. The summed E-state index contributed by atoms with van der Waals surface area (Å²) in [7, 11) is 0. The highest BCUT2D eigenvalue weighted by molar-refractivity contribution is 5.91. The first-order valence-corrected chi connectivity index (χ1v) is 11.5. The molecule has 0 radical (unpaired) electrons. The van der Waals surface area contributed by atoms with Crippen molar-refractivity contribution in [2.45, 2.75) is 20.0 Å². The molecule has 180 valence electrons. The Balaban J connectivity index is 1.26. The smallest absolute Gasteiger partial charge is 0.343 e. The summed E-state index contributed by atoms with van der Waals surface area (Å²) in [6, 6.07) is 31.6. The summed E-state index contributed by atoms with van der Waals surface area (Å²) < 4.78 is 11.1. The maximum Gasteiger partial charge on any atom is 0.343 e. The second kappa shape index (κ2) is 11.6. The number of carbonyl (C=O) groups is 2. The molecule has 0 aliphatic rings. The molecule has 1 N–H and O–H groups in total. The van der Waals surface area contributed by atoms with Gasteiger partial charge in [0, 0.05) is 0 Å². The maximum absolute atomic E-state index is 12.4. The first-order chi connectivity index (χ1) is 17.5. The van der Waals surface area contributed by atoms with Gasteiger partial charge in [-0.25, -0.2) is 10.2 Å². The number of rotatable bonds is 8. The molecule has 0 aliphatic heterocycles. The molecule has 4 aromatic carbocycles. The van der Waals surface area contributed by atoms with Crippen LogP contribution in [0.1, 0.15) is 28.4 Å². The van der Waals surface area contributed by atoms with Crippen LogP contribution in [0.3, 0.4) is 0 Å². The number of hydrogen-bond donors (Lipinski definition) is 1. The van der Waals surface area contributed by atoms with Crippen molar-refractivity contribution >= 4 is 18.1 Å². The van der Waals surface area contributed by atoms with E-state index in [1.807, 2.05) is 73.7 Å². The Labute approximate surface area is 210 Å². The molecule has 0 spiro atoms. The van der Waals surface area contributed by atoms with Gasteiger partial charge >= 0.3 is 5.97 Å². The van der Waals surface area contributed by atoms with Gasteiger partial charge in [0.15, 0.2) is 6.10 Å². The summed E-state index contributed by atoms with van der Waals surface area (Å²) in [5.74, 6) is 0.221. The van der Waals surface area contributed by atoms with Crippen LogP contribution in [-0.4, -0.2) is 24.2 Å². The molecule has 0 aliphatic carbocycles. The van der Waals surface area contributed by atoms with Crippen LogP contribution >= 0.6 is 0 Å². The number of nitrogens with one attached hydrogen (secondary N) is 1. The number of esters is 1. The average molecular weight is 479 g/mol. The molecular weight excluding hydrogens is 452 g/mol. The standard InChI is InChI=1S/C30H26N2O4/c1-21-7-6-10-26(19-21)30(34)36-28-15-11-23(12-16-28)20-31-32-29(33)22(2)35-27-17-13-25(14-18-27)24-8-4-3-5-9-24/h3-20,22H,1-2H3,(H,32,33)/b31-20+. The molecule has 6 nitrogen and oxygen atoms in total. The minimum atomic E-state index is -0.729. The third-order valence-electron chi connectivity index (χ3n) is 5.38. The van der Waals surface area contributed by atoms with Gasteiger partial charge in [0.1, 0.15) is 11.5 Å². The number of nitrogens with zero attached hydrogens (tertiary/aromatic N) is 1. The molecular formula is C30H26N2O4. The monoisotopic (exact) mass is 478 g/mol. The highest BCUT2D eigenvalue weighted by atomic mass is 16.5. The molecule has 36 heavy (non-hydrogen) atoms. The van der Waals surface area contributed by atoms with Crippen molar-refractivity contribution in [3.05, 3.63) is 120 Å². The quantitative estimate of drug-likeness (QED) is 0.150. The van der Waals surface area contributed by atoms with E-state index >= 15 is 0 Å². The van der Waals surface area contributed by atoms with E-state index in [2.05, 4.69) is 10.5 Å². The zero-order chi connectivity index (χ0) is 25.3. The van der Waals surface area contributed by atoms with Crippen LogP contribution in [-0.2, 0) is 4.79 Å². The Bertz CT molecular complexity index is 1350. The van der Waals surface area contributed by atoms with Crippen LogP contribution in [0.5, 0.6) is 11.5 Å².